The van der Waals surface area contributed by atoms with E-state index < -0.39 is 0 Å². The zero-order valence-electron chi connectivity index (χ0n) is 6.78. The SMILES string of the molecule is COCOc1ccc(N)c(S)c1. The fourth-order valence-electron chi connectivity index (χ4n) is 0.740. The Morgan fingerprint density at radius 1 is 1.50 bits per heavy atom. The number of nitrogen functional groups attached to an aromatic ring is 1. The van der Waals surface area contributed by atoms with Gasteiger partial charge in [0, 0.05) is 17.7 Å². The summed E-state index contributed by atoms with van der Waals surface area (Å²) < 4.78 is 9.90. The van der Waals surface area contributed by atoms with E-state index in [0.717, 1.165) is 0 Å². The van der Waals surface area contributed by atoms with Crippen molar-refractivity contribution in [2.45, 2.75) is 4.90 Å². The number of rotatable bonds is 3. The largest absolute Gasteiger partial charge is 0.468 e. The van der Waals surface area contributed by atoms with Gasteiger partial charge in [0.1, 0.15) is 5.75 Å². The van der Waals surface area contributed by atoms with Gasteiger partial charge in [0.2, 0.25) is 0 Å². The van der Waals surface area contributed by atoms with Gasteiger partial charge in [0.15, 0.2) is 6.79 Å². The van der Waals surface area contributed by atoms with Gasteiger partial charge >= 0.3 is 0 Å². The maximum atomic E-state index is 5.55. The predicted octanol–water partition coefficient (Wildman–Crippen LogP) is 1.54. The predicted molar refractivity (Wildman–Crippen MR) is 50.6 cm³/mol. The van der Waals surface area contributed by atoms with Crippen molar-refractivity contribution in [3.05, 3.63) is 18.2 Å². The summed E-state index contributed by atoms with van der Waals surface area (Å²) in [7, 11) is 1.57. The topological polar surface area (TPSA) is 44.5 Å². The Bertz CT molecular complexity index is 265. The van der Waals surface area contributed by atoms with Crippen LogP contribution in [0.3, 0.4) is 0 Å². The van der Waals surface area contributed by atoms with Crippen LogP contribution in [0.25, 0.3) is 0 Å². The van der Waals surface area contributed by atoms with E-state index in [4.69, 9.17) is 15.2 Å². The minimum absolute atomic E-state index is 0.233. The van der Waals surface area contributed by atoms with Crippen LogP contribution in [0.1, 0.15) is 0 Å². The molecule has 0 saturated heterocycles. The number of nitrogens with two attached hydrogens (primary N) is 1. The molecule has 0 radical (unpaired) electrons. The molecule has 0 fully saturated rings. The van der Waals surface area contributed by atoms with Crippen LogP contribution in [0.5, 0.6) is 5.75 Å². The molecule has 12 heavy (non-hydrogen) atoms. The number of anilines is 1. The molecule has 0 spiro atoms. The van der Waals surface area contributed by atoms with Gasteiger partial charge in [-0.25, -0.2) is 0 Å². The smallest absolute Gasteiger partial charge is 0.188 e. The van der Waals surface area contributed by atoms with Gasteiger partial charge in [-0.2, -0.15) is 0 Å². The van der Waals surface area contributed by atoms with Gasteiger partial charge < -0.3 is 15.2 Å². The van der Waals surface area contributed by atoms with Gasteiger partial charge in [0.05, 0.1) is 0 Å². The lowest BCUT2D eigenvalue weighted by Crippen LogP contribution is -1.99. The summed E-state index contributed by atoms with van der Waals surface area (Å²) in [6, 6.07) is 5.26. The fraction of sp³-hybridized carbons (Fsp3) is 0.250. The molecule has 2 N–H and O–H groups in total. The molecule has 0 aliphatic carbocycles. The second-order valence-electron chi connectivity index (χ2n) is 2.27. The summed E-state index contributed by atoms with van der Waals surface area (Å²) in [5, 5.41) is 0. The van der Waals surface area contributed by atoms with E-state index in [-0.39, 0.29) is 6.79 Å². The average molecular weight is 185 g/mol. The minimum Gasteiger partial charge on any atom is -0.468 e. The Morgan fingerprint density at radius 2 is 2.25 bits per heavy atom. The van der Waals surface area contributed by atoms with Crippen LogP contribution < -0.4 is 10.5 Å². The molecule has 1 rings (SSSR count). The van der Waals surface area contributed by atoms with E-state index in [1.165, 1.54) is 0 Å². The third kappa shape index (κ3) is 2.32. The molecule has 4 heteroatoms. The summed E-state index contributed by atoms with van der Waals surface area (Å²) in [6.45, 7) is 0.233. The molecule has 66 valence electrons. The first-order valence-electron chi connectivity index (χ1n) is 3.44. The van der Waals surface area contributed by atoms with Crippen molar-refractivity contribution in [3.63, 3.8) is 0 Å². The molecule has 0 atom stereocenters. The lowest BCUT2D eigenvalue weighted by molar-refractivity contribution is 0.0510. The molecule has 0 aliphatic rings. The first-order chi connectivity index (χ1) is 5.74. The van der Waals surface area contributed by atoms with Crippen LogP contribution in [0.15, 0.2) is 23.1 Å². The molecule has 0 amide bonds. The van der Waals surface area contributed by atoms with Gasteiger partial charge in [-0.1, -0.05) is 0 Å². The zero-order valence-corrected chi connectivity index (χ0v) is 7.67. The van der Waals surface area contributed by atoms with Crippen LogP contribution in [0, 0.1) is 0 Å². The highest BCUT2D eigenvalue weighted by molar-refractivity contribution is 7.80. The highest BCUT2D eigenvalue weighted by Gasteiger charge is 1.96. The third-order valence-corrected chi connectivity index (χ3v) is 1.73. The summed E-state index contributed by atoms with van der Waals surface area (Å²) in [5.41, 5.74) is 6.20. The van der Waals surface area contributed by atoms with Crippen LogP contribution >= 0.6 is 12.6 Å². The second-order valence-corrected chi connectivity index (χ2v) is 2.75. The fourth-order valence-corrected chi connectivity index (χ4v) is 0.942. The normalized spacial score (nSPS) is 9.83. The van der Waals surface area contributed by atoms with E-state index in [2.05, 4.69) is 12.6 Å². The van der Waals surface area contributed by atoms with E-state index >= 15 is 0 Å². The van der Waals surface area contributed by atoms with Crippen molar-refractivity contribution in [3.8, 4) is 5.75 Å². The molecular weight excluding hydrogens is 174 g/mol. The van der Waals surface area contributed by atoms with E-state index in [0.29, 0.717) is 16.3 Å². The molecule has 0 unspecified atom stereocenters. The quantitative estimate of drug-likeness (QED) is 0.426. The second kappa shape index (κ2) is 4.23. The molecule has 0 aliphatic heterocycles. The Hall–Kier alpha value is -0.870. The Balaban J connectivity index is 2.69. The van der Waals surface area contributed by atoms with Crippen molar-refractivity contribution in [1.82, 2.24) is 0 Å². The molecule has 0 bridgehead atoms. The first-order valence-corrected chi connectivity index (χ1v) is 3.89. The summed E-state index contributed by atoms with van der Waals surface area (Å²) >= 11 is 4.14. The molecule has 1 aromatic carbocycles. The summed E-state index contributed by atoms with van der Waals surface area (Å²) in [4.78, 5) is 0.712. The van der Waals surface area contributed by atoms with Crippen molar-refractivity contribution in [1.29, 1.82) is 0 Å². The highest BCUT2D eigenvalue weighted by Crippen LogP contribution is 2.22. The van der Waals surface area contributed by atoms with Crippen molar-refractivity contribution in [2.24, 2.45) is 0 Å². The number of thiol groups is 1. The number of hydrogen-bond acceptors (Lipinski definition) is 4. The lowest BCUT2D eigenvalue weighted by atomic mass is 10.3. The maximum absolute atomic E-state index is 5.55. The van der Waals surface area contributed by atoms with E-state index in [1.54, 1.807) is 25.3 Å². The number of hydrogen-bond donors (Lipinski definition) is 2. The van der Waals surface area contributed by atoms with Crippen molar-refractivity contribution in [2.75, 3.05) is 19.6 Å². The number of ether oxygens (including phenoxy) is 2. The summed E-state index contributed by atoms with van der Waals surface area (Å²) in [5.74, 6) is 0.705. The van der Waals surface area contributed by atoms with Crippen LogP contribution in [0.2, 0.25) is 0 Å². The number of methoxy groups -OCH3 is 1. The molecule has 0 saturated carbocycles. The molecule has 3 nitrogen and oxygen atoms in total. The van der Waals surface area contributed by atoms with Crippen LogP contribution in [0.4, 0.5) is 5.69 Å². The first kappa shape index (κ1) is 9.22. The van der Waals surface area contributed by atoms with E-state index in [1.807, 2.05) is 0 Å². The van der Waals surface area contributed by atoms with E-state index in [9.17, 15) is 0 Å². The zero-order chi connectivity index (χ0) is 8.97. The standard InChI is InChI=1S/C8H11NO2S/c1-10-5-11-6-2-3-7(9)8(12)4-6/h2-4,12H,5,9H2,1H3. The minimum atomic E-state index is 0.233. The van der Waals surface area contributed by atoms with Gasteiger partial charge in [-0.15, -0.1) is 12.6 Å². The van der Waals surface area contributed by atoms with Crippen LogP contribution in [-0.4, -0.2) is 13.9 Å². The highest BCUT2D eigenvalue weighted by atomic mass is 32.1. The van der Waals surface area contributed by atoms with Gasteiger partial charge in [-0.05, 0) is 18.2 Å². The Kier molecular flexibility index (Phi) is 3.25. The lowest BCUT2D eigenvalue weighted by Gasteiger charge is -2.05. The Morgan fingerprint density at radius 3 is 2.83 bits per heavy atom. The Labute approximate surface area is 76.9 Å². The molecular formula is C8H11NO2S. The molecule has 1 aromatic rings. The number of benzene rings is 1. The van der Waals surface area contributed by atoms with Crippen LogP contribution in [-0.2, 0) is 4.74 Å². The van der Waals surface area contributed by atoms with Gasteiger partial charge in [-0.3, -0.25) is 0 Å². The van der Waals surface area contributed by atoms with Crippen molar-refractivity contribution < 1.29 is 9.47 Å². The molecule has 0 aromatic heterocycles. The summed E-state index contributed by atoms with van der Waals surface area (Å²) in [6.07, 6.45) is 0. The molecule has 0 heterocycles. The van der Waals surface area contributed by atoms with Gasteiger partial charge in [0.25, 0.3) is 0 Å². The van der Waals surface area contributed by atoms with Crippen molar-refractivity contribution >= 4 is 18.3 Å². The maximum Gasteiger partial charge on any atom is 0.188 e. The average Bonchev–Trinajstić information content (AvgIpc) is 2.07. The third-order valence-electron chi connectivity index (χ3n) is 1.35. The monoisotopic (exact) mass is 185 g/mol.